The Labute approximate surface area is 180 Å². The van der Waals surface area contributed by atoms with Crippen molar-refractivity contribution in [2.45, 2.75) is 40.3 Å². The number of pyridine rings is 1. The number of hydrogen-bond acceptors (Lipinski definition) is 6. The minimum atomic E-state index is 0.207. The Morgan fingerprint density at radius 2 is 1.90 bits per heavy atom. The molecule has 0 bridgehead atoms. The molecule has 0 saturated carbocycles. The molecule has 5 rings (SSSR count). The van der Waals surface area contributed by atoms with Crippen LogP contribution in [0.3, 0.4) is 0 Å². The van der Waals surface area contributed by atoms with Gasteiger partial charge in [-0.05, 0) is 57.5 Å². The summed E-state index contributed by atoms with van der Waals surface area (Å²) in [6.45, 7) is 8.78. The number of fused-ring (bicyclic) bond motifs is 2. The predicted octanol–water partition coefficient (Wildman–Crippen LogP) is 4.02. The van der Waals surface area contributed by atoms with Crippen LogP contribution in [0.4, 0.5) is 5.82 Å². The van der Waals surface area contributed by atoms with Crippen LogP contribution in [-0.2, 0) is 6.54 Å². The van der Waals surface area contributed by atoms with Crippen molar-refractivity contribution in [3.05, 3.63) is 65.9 Å². The zero-order valence-corrected chi connectivity index (χ0v) is 18.0. The molecule has 0 unspecified atom stereocenters. The number of aryl methyl sites for hydroxylation is 2. The summed E-state index contributed by atoms with van der Waals surface area (Å²) in [5, 5.41) is 11.9. The fourth-order valence-electron chi connectivity index (χ4n) is 3.73. The van der Waals surface area contributed by atoms with Crippen LogP contribution in [0.2, 0.25) is 0 Å². The van der Waals surface area contributed by atoms with Crippen molar-refractivity contribution in [3.63, 3.8) is 0 Å². The summed E-state index contributed by atoms with van der Waals surface area (Å²) in [4.78, 5) is 14.4. The first-order valence-electron chi connectivity index (χ1n) is 10.4. The van der Waals surface area contributed by atoms with E-state index in [2.05, 4.69) is 64.0 Å². The average molecular weight is 413 g/mol. The number of rotatable bonds is 5. The Morgan fingerprint density at radius 3 is 2.68 bits per heavy atom. The van der Waals surface area contributed by atoms with Crippen molar-refractivity contribution >= 4 is 22.5 Å². The van der Waals surface area contributed by atoms with Crippen molar-refractivity contribution in [1.82, 2.24) is 34.1 Å². The molecule has 4 heterocycles. The van der Waals surface area contributed by atoms with Gasteiger partial charge in [-0.15, -0.1) is 10.2 Å². The Balaban J connectivity index is 1.75. The minimum Gasteiger partial charge on any atom is -0.365 e. The van der Waals surface area contributed by atoms with Gasteiger partial charge in [0.2, 0.25) is 5.65 Å². The van der Waals surface area contributed by atoms with Crippen molar-refractivity contribution in [3.8, 4) is 11.5 Å². The SMILES string of the molecule is Cc1ccc2nc(-c3cn4c(C)nnc4c(NC(C)C)n3)n(Cc3ccccn3)c2c1. The summed E-state index contributed by atoms with van der Waals surface area (Å²) in [5.74, 6) is 2.28. The molecule has 0 aliphatic rings. The van der Waals surface area contributed by atoms with Gasteiger partial charge in [0.1, 0.15) is 11.5 Å². The maximum atomic E-state index is 4.95. The zero-order chi connectivity index (χ0) is 21.5. The fourth-order valence-corrected chi connectivity index (χ4v) is 3.73. The molecule has 1 aromatic carbocycles. The van der Waals surface area contributed by atoms with E-state index < -0.39 is 0 Å². The lowest BCUT2D eigenvalue weighted by molar-refractivity contribution is 0.800. The number of nitrogens with zero attached hydrogens (tertiary/aromatic N) is 7. The van der Waals surface area contributed by atoms with E-state index in [0.717, 1.165) is 34.1 Å². The van der Waals surface area contributed by atoms with E-state index in [1.54, 1.807) is 0 Å². The standard InChI is InChI=1S/C23H24N8/c1-14(2)25-21-23-29-28-16(4)30(23)13-19(26-21)22-27-18-9-8-15(3)11-20(18)31(22)12-17-7-5-6-10-24-17/h5-11,13-14H,12H2,1-4H3,(H,25,26). The Morgan fingerprint density at radius 1 is 1.03 bits per heavy atom. The lowest BCUT2D eigenvalue weighted by Gasteiger charge is -2.13. The van der Waals surface area contributed by atoms with Crippen LogP contribution in [0.1, 0.15) is 30.9 Å². The molecule has 0 fully saturated rings. The summed E-state index contributed by atoms with van der Waals surface area (Å²) in [6.07, 6.45) is 3.77. The molecule has 31 heavy (non-hydrogen) atoms. The van der Waals surface area contributed by atoms with E-state index in [9.17, 15) is 0 Å². The zero-order valence-electron chi connectivity index (χ0n) is 18.0. The fraction of sp³-hybridized carbons (Fsp3) is 0.261. The largest absolute Gasteiger partial charge is 0.365 e. The lowest BCUT2D eigenvalue weighted by atomic mass is 10.2. The third-order valence-electron chi connectivity index (χ3n) is 5.17. The van der Waals surface area contributed by atoms with E-state index in [-0.39, 0.29) is 6.04 Å². The average Bonchev–Trinajstić information content (AvgIpc) is 3.29. The van der Waals surface area contributed by atoms with Gasteiger partial charge in [-0.1, -0.05) is 12.1 Å². The van der Waals surface area contributed by atoms with Gasteiger partial charge in [-0.2, -0.15) is 0 Å². The van der Waals surface area contributed by atoms with Crippen LogP contribution in [-0.4, -0.2) is 40.2 Å². The summed E-state index contributed by atoms with van der Waals surface area (Å²) in [7, 11) is 0. The highest BCUT2D eigenvalue weighted by Crippen LogP contribution is 2.28. The predicted molar refractivity (Wildman–Crippen MR) is 121 cm³/mol. The lowest BCUT2D eigenvalue weighted by Crippen LogP contribution is -2.14. The first-order chi connectivity index (χ1) is 15.0. The van der Waals surface area contributed by atoms with Crippen molar-refractivity contribution in [1.29, 1.82) is 0 Å². The number of aromatic nitrogens is 7. The van der Waals surface area contributed by atoms with Gasteiger partial charge in [-0.3, -0.25) is 9.38 Å². The second kappa shape index (κ2) is 7.46. The molecular weight excluding hydrogens is 388 g/mol. The molecule has 8 heteroatoms. The second-order valence-electron chi connectivity index (χ2n) is 8.05. The maximum Gasteiger partial charge on any atom is 0.203 e. The quantitative estimate of drug-likeness (QED) is 0.469. The monoisotopic (exact) mass is 412 g/mol. The van der Waals surface area contributed by atoms with Crippen LogP contribution < -0.4 is 5.32 Å². The van der Waals surface area contributed by atoms with Crippen LogP contribution in [0, 0.1) is 13.8 Å². The van der Waals surface area contributed by atoms with Gasteiger partial charge in [0.05, 0.1) is 23.3 Å². The molecule has 0 atom stereocenters. The Bertz CT molecular complexity index is 1380. The smallest absolute Gasteiger partial charge is 0.203 e. The van der Waals surface area contributed by atoms with Gasteiger partial charge >= 0.3 is 0 Å². The summed E-state index contributed by atoms with van der Waals surface area (Å²) in [5.41, 5.74) is 5.59. The summed E-state index contributed by atoms with van der Waals surface area (Å²) < 4.78 is 4.14. The first kappa shape index (κ1) is 19.2. The normalized spacial score (nSPS) is 11.6. The minimum absolute atomic E-state index is 0.207. The molecule has 156 valence electrons. The van der Waals surface area contributed by atoms with Crippen LogP contribution in [0.25, 0.3) is 28.2 Å². The summed E-state index contributed by atoms with van der Waals surface area (Å²) >= 11 is 0. The Hall–Kier alpha value is -3.81. The van der Waals surface area contributed by atoms with Gasteiger partial charge in [-0.25, -0.2) is 9.97 Å². The highest BCUT2D eigenvalue weighted by Gasteiger charge is 2.19. The number of nitrogens with one attached hydrogen (secondary N) is 1. The van der Waals surface area contributed by atoms with Crippen LogP contribution in [0.5, 0.6) is 0 Å². The van der Waals surface area contributed by atoms with E-state index in [4.69, 9.17) is 9.97 Å². The molecule has 0 radical (unpaired) electrons. The van der Waals surface area contributed by atoms with Gasteiger partial charge in [0, 0.05) is 18.4 Å². The van der Waals surface area contributed by atoms with E-state index in [0.29, 0.717) is 18.0 Å². The molecule has 0 spiro atoms. The van der Waals surface area contributed by atoms with Gasteiger partial charge in [0.25, 0.3) is 0 Å². The molecule has 0 amide bonds. The first-order valence-corrected chi connectivity index (χ1v) is 10.4. The molecule has 0 saturated heterocycles. The van der Waals surface area contributed by atoms with Crippen LogP contribution in [0.15, 0.2) is 48.8 Å². The maximum absolute atomic E-state index is 4.95. The highest BCUT2D eigenvalue weighted by atomic mass is 15.3. The van der Waals surface area contributed by atoms with Crippen molar-refractivity contribution < 1.29 is 0 Å². The highest BCUT2D eigenvalue weighted by molar-refractivity contribution is 5.81. The molecule has 4 aromatic heterocycles. The number of benzene rings is 1. The number of hydrogen-bond donors (Lipinski definition) is 1. The molecule has 8 nitrogen and oxygen atoms in total. The van der Waals surface area contributed by atoms with Gasteiger partial charge < -0.3 is 9.88 Å². The molecule has 5 aromatic rings. The topological polar surface area (TPSA) is 85.8 Å². The van der Waals surface area contributed by atoms with Crippen molar-refractivity contribution in [2.24, 2.45) is 0 Å². The third kappa shape index (κ3) is 3.50. The molecule has 0 aliphatic heterocycles. The Kier molecular flexibility index (Phi) is 4.62. The number of imidazole rings is 1. The van der Waals surface area contributed by atoms with E-state index >= 15 is 0 Å². The molecular formula is C23H24N8. The van der Waals surface area contributed by atoms with Crippen molar-refractivity contribution in [2.75, 3.05) is 5.32 Å². The number of anilines is 1. The second-order valence-corrected chi connectivity index (χ2v) is 8.05. The van der Waals surface area contributed by atoms with E-state index in [1.807, 2.05) is 41.9 Å². The summed E-state index contributed by atoms with van der Waals surface area (Å²) in [6, 6.07) is 12.5. The van der Waals surface area contributed by atoms with Gasteiger partial charge in [0.15, 0.2) is 11.6 Å². The van der Waals surface area contributed by atoms with E-state index in [1.165, 1.54) is 5.56 Å². The molecule has 0 aliphatic carbocycles. The molecule has 1 N–H and O–H groups in total. The third-order valence-corrected chi connectivity index (χ3v) is 5.17. The van der Waals surface area contributed by atoms with Crippen LogP contribution >= 0.6 is 0 Å².